The summed E-state index contributed by atoms with van der Waals surface area (Å²) in [5.74, 6) is 1.33. The minimum Gasteiger partial charge on any atom is -0.382 e. The van der Waals surface area contributed by atoms with Crippen molar-refractivity contribution < 1.29 is 4.74 Å². The van der Waals surface area contributed by atoms with Gasteiger partial charge < -0.3 is 15.4 Å². The second-order valence-electron chi connectivity index (χ2n) is 3.78. The van der Waals surface area contributed by atoms with Gasteiger partial charge in [-0.1, -0.05) is 0 Å². The van der Waals surface area contributed by atoms with Gasteiger partial charge in [0.05, 0.1) is 18.5 Å². The predicted octanol–water partition coefficient (Wildman–Crippen LogP) is 0.674. The standard InChI is InChI=1S/C10H16N4O/c1-8-7-14(3-2-4-15-8)10-6-12-9(11)5-13-10/h5-6,8H,2-4,7H2,1H3,(H2,11,12). The van der Waals surface area contributed by atoms with Gasteiger partial charge >= 0.3 is 0 Å². The van der Waals surface area contributed by atoms with Crippen LogP contribution in [0.15, 0.2) is 12.4 Å². The van der Waals surface area contributed by atoms with E-state index in [2.05, 4.69) is 21.8 Å². The third kappa shape index (κ3) is 2.56. The van der Waals surface area contributed by atoms with Crippen molar-refractivity contribution in [2.45, 2.75) is 19.4 Å². The SMILES string of the molecule is CC1CN(c2cnc(N)cn2)CCCO1. The van der Waals surface area contributed by atoms with E-state index in [0.717, 1.165) is 31.9 Å². The monoisotopic (exact) mass is 208 g/mol. The number of hydrogen-bond donors (Lipinski definition) is 1. The Morgan fingerprint density at radius 2 is 2.33 bits per heavy atom. The highest BCUT2D eigenvalue weighted by molar-refractivity contribution is 5.39. The molecule has 5 heteroatoms. The average molecular weight is 208 g/mol. The van der Waals surface area contributed by atoms with Crippen LogP contribution < -0.4 is 10.6 Å². The van der Waals surface area contributed by atoms with Crippen molar-refractivity contribution >= 4 is 11.6 Å². The van der Waals surface area contributed by atoms with Crippen LogP contribution in [-0.4, -0.2) is 35.8 Å². The summed E-state index contributed by atoms with van der Waals surface area (Å²) >= 11 is 0. The molecule has 2 rings (SSSR count). The van der Waals surface area contributed by atoms with Crippen molar-refractivity contribution in [2.75, 3.05) is 30.3 Å². The maximum absolute atomic E-state index is 5.56. The molecule has 0 amide bonds. The lowest BCUT2D eigenvalue weighted by molar-refractivity contribution is 0.0820. The molecule has 0 aliphatic carbocycles. The summed E-state index contributed by atoms with van der Waals surface area (Å²) in [6, 6.07) is 0. The molecule has 0 spiro atoms. The Balaban J connectivity index is 2.11. The summed E-state index contributed by atoms with van der Waals surface area (Å²) in [5, 5.41) is 0. The van der Waals surface area contributed by atoms with Crippen molar-refractivity contribution in [3.05, 3.63) is 12.4 Å². The van der Waals surface area contributed by atoms with Gasteiger partial charge in [-0.3, -0.25) is 0 Å². The fraction of sp³-hybridized carbons (Fsp3) is 0.600. The topological polar surface area (TPSA) is 64.3 Å². The van der Waals surface area contributed by atoms with Crippen LogP contribution in [0.1, 0.15) is 13.3 Å². The number of nitrogen functional groups attached to an aromatic ring is 1. The van der Waals surface area contributed by atoms with E-state index in [9.17, 15) is 0 Å². The van der Waals surface area contributed by atoms with Crippen LogP contribution in [0.3, 0.4) is 0 Å². The minimum atomic E-state index is 0.242. The molecule has 1 saturated heterocycles. The maximum atomic E-state index is 5.56. The fourth-order valence-corrected chi connectivity index (χ4v) is 1.70. The molecule has 1 unspecified atom stereocenters. The molecule has 0 radical (unpaired) electrons. The first-order chi connectivity index (χ1) is 7.25. The van der Waals surface area contributed by atoms with E-state index in [1.54, 1.807) is 12.4 Å². The van der Waals surface area contributed by atoms with Crippen LogP contribution in [0.5, 0.6) is 0 Å². The number of anilines is 2. The zero-order valence-electron chi connectivity index (χ0n) is 8.89. The zero-order chi connectivity index (χ0) is 10.7. The predicted molar refractivity (Wildman–Crippen MR) is 58.7 cm³/mol. The summed E-state index contributed by atoms with van der Waals surface area (Å²) in [4.78, 5) is 10.5. The number of hydrogen-bond acceptors (Lipinski definition) is 5. The summed E-state index contributed by atoms with van der Waals surface area (Å²) in [7, 11) is 0. The first kappa shape index (κ1) is 10.2. The van der Waals surface area contributed by atoms with Crippen molar-refractivity contribution in [3.63, 3.8) is 0 Å². The molecule has 1 fully saturated rings. The Labute approximate surface area is 89.3 Å². The van der Waals surface area contributed by atoms with Gasteiger partial charge in [-0.25, -0.2) is 9.97 Å². The lowest BCUT2D eigenvalue weighted by atomic mass is 10.3. The quantitative estimate of drug-likeness (QED) is 0.735. The smallest absolute Gasteiger partial charge is 0.147 e. The van der Waals surface area contributed by atoms with E-state index in [1.807, 2.05) is 0 Å². The van der Waals surface area contributed by atoms with E-state index in [4.69, 9.17) is 10.5 Å². The number of aromatic nitrogens is 2. The number of nitrogens with two attached hydrogens (primary N) is 1. The fourth-order valence-electron chi connectivity index (χ4n) is 1.70. The van der Waals surface area contributed by atoms with Crippen molar-refractivity contribution in [1.82, 2.24) is 9.97 Å². The first-order valence-corrected chi connectivity index (χ1v) is 5.20. The summed E-state index contributed by atoms with van der Waals surface area (Å²) in [5.41, 5.74) is 5.50. The maximum Gasteiger partial charge on any atom is 0.147 e. The van der Waals surface area contributed by atoms with E-state index < -0.39 is 0 Å². The van der Waals surface area contributed by atoms with Crippen molar-refractivity contribution in [2.24, 2.45) is 0 Å². The molecule has 0 aromatic carbocycles. The molecule has 2 N–H and O–H groups in total. The molecule has 1 aromatic rings. The van der Waals surface area contributed by atoms with Crippen LogP contribution in [0.25, 0.3) is 0 Å². The molecule has 1 aliphatic rings. The highest BCUT2D eigenvalue weighted by atomic mass is 16.5. The van der Waals surface area contributed by atoms with Gasteiger partial charge in [-0.15, -0.1) is 0 Å². The Morgan fingerprint density at radius 3 is 3.07 bits per heavy atom. The molecular formula is C10H16N4O. The zero-order valence-corrected chi connectivity index (χ0v) is 8.89. The number of rotatable bonds is 1. The number of nitrogens with zero attached hydrogens (tertiary/aromatic N) is 3. The van der Waals surface area contributed by atoms with Gasteiger partial charge in [0.2, 0.25) is 0 Å². The van der Waals surface area contributed by atoms with Crippen molar-refractivity contribution in [3.8, 4) is 0 Å². The van der Waals surface area contributed by atoms with E-state index >= 15 is 0 Å². The van der Waals surface area contributed by atoms with Crippen LogP contribution in [0.4, 0.5) is 11.6 Å². The summed E-state index contributed by atoms with van der Waals surface area (Å²) in [6.07, 6.45) is 4.57. The molecule has 1 aromatic heterocycles. The van der Waals surface area contributed by atoms with Crippen molar-refractivity contribution in [1.29, 1.82) is 0 Å². The van der Waals surface area contributed by atoms with E-state index in [-0.39, 0.29) is 6.10 Å². The third-order valence-corrected chi connectivity index (χ3v) is 2.43. The minimum absolute atomic E-state index is 0.242. The third-order valence-electron chi connectivity index (χ3n) is 2.43. The van der Waals surface area contributed by atoms with Gasteiger partial charge in [0, 0.05) is 19.7 Å². The van der Waals surface area contributed by atoms with Gasteiger partial charge in [-0.2, -0.15) is 0 Å². The molecule has 15 heavy (non-hydrogen) atoms. The lowest BCUT2D eigenvalue weighted by Gasteiger charge is -2.22. The van der Waals surface area contributed by atoms with Gasteiger partial charge in [0.1, 0.15) is 11.6 Å². The van der Waals surface area contributed by atoms with Crippen LogP contribution in [0, 0.1) is 0 Å². The Morgan fingerprint density at radius 1 is 1.47 bits per heavy atom. The van der Waals surface area contributed by atoms with Gasteiger partial charge in [0.25, 0.3) is 0 Å². The summed E-state index contributed by atoms with van der Waals surface area (Å²) < 4.78 is 5.56. The van der Waals surface area contributed by atoms with Crippen LogP contribution >= 0.6 is 0 Å². The van der Waals surface area contributed by atoms with Gasteiger partial charge in [0.15, 0.2) is 0 Å². The highest BCUT2D eigenvalue weighted by Crippen LogP contribution is 2.14. The number of ether oxygens (including phenoxy) is 1. The highest BCUT2D eigenvalue weighted by Gasteiger charge is 2.16. The first-order valence-electron chi connectivity index (χ1n) is 5.20. The normalized spacial score (nSPS) is 22.5. The summed E-state index contributed by atoms with van der Waals surface area (Å²) in [6.45, 7) is 4.71. The molecule has 1 atom stereocenters. The Kier molecular flexibility index (Phi) is 3.01. The average Bonchev–Trinajstić information content (AvgIpc) is 2.44. The second kappa shape index (κ2) is 4.44. The molecule has 0 bridgehead atoms. The van der Waals surface area contributed by atoms with E-state index in [0.29, 0.717) is 5.82 Å². The largest absolute Gasteiger partial charge is 0.382 e. The van der Waals surface area contributed by atoms with E-state index in [1.165, 1.54) is 0 Å². The molecule has 5 nitrogen and oxygen atoms in total. The Hall–Kier alpha value is -1.36. The second-order valence-corrected chi connectivity index (χ2v) is 3.78. The van der Waals surface area contributed by atoms with Crippen LogP contribution in [0.2, 0.25) is 0 Å². The Bertz CT molecular complexity index is 314. The molecular weight excluding hydrogens is 192 g/mol. The molecule has 0 saturated carbocycles. The van der Waals surface area contributed by atoms with Gasteiger partial charge in [-0.05, 0) is 13.3 Å². The van der Waals surface area contributed by atoms with Crippen LogP contribution in [-0.2, 0) is 4.74 Å². The molecule has 2 heterocycles. The molecule has 1 aliphatic heterocycles. The lowest BCUT2D eigenvalue weighted by Crippen LogP contribution is -2.30. The molecule has 82 valence electrons.